The van der Waals surface area contributed by atoms with Crippen LogP contribution >= 0.6 is 0 Å². The third kappa shape index (κ3) is 3.75. The highest BCUT2D eigenvalue weighted by Gasteiger charge is 2.27. The SMILES string of the molecule is COc1ccc(C2CCCCCN2C(=O)Cn2cnc3c2c(=O)n(C)c(=O)n3C)cc1. The van der Waals surface area contributed by atoms with Crippen molar-refractivity contribution in [3.63, 3.8) is 0 Å². The molecule has 2 aromatic heterocycles. The molecule has 0 N–H and O–H groups in total. The fourth-order valence-corrected chi connectivity index (χ4v) is 4.33. The average Bonchev–Trinajstić information content (AvgIpc) is 3.03. The number of amides is 1. The Labute approximate surface area is 179 Å². The van der Waals surface area contributed by atoms with Gasteiger partial charge in [-0.3, -0.25) is 18.7 Å². The molecule has 4 rings (SSSR count). The van der Waals surface area contributed by atoms with Gasteiger partial charge in [0.25, 0.3) is 5.56 Å². The summed E-state index contributed by atoms with van der Waals surface area (Å²) in [5, 5.41) is 0. The van der Waals surface area contributed by atoms with Crippen molar-refractivity contribution in [3.05, 3.63) is 57.0 Å². The van der Waals surface area contributed by atoms with Gasteiger partial charge in [0.05, 0.1) is 19.5 Å². The summed E-state index contributed by atoms with van der Waals surface area (Å²) in [7, 11) is 4.63. The number of ether oxygens (including phenoxy) is 1. The highest BCUT2D eigenvalue weighted by molar-refractivity contribution is 5.79. The Bertz CT molecular complexity index is 1220. The Kier molecular flexibility index (Phi) is 5.67. The molecule has 0 bridgehead atoms. The van der Waals surface area contributed by atoms with Crippen LogP contribution in [0.25, 0.3) is 11.2 Å². The molecule has 1 aromatic carbocycles. The molecular weight excluding hydrogens is 398 g/mol. The summed E-state index contributed by atoms with van der Waals surface area (Å²) in [5.41, 5.74) is 0.717. The van der Waals surface area contributed by atoms with E-state index in [1.54, 1.807) is 18.7 Å². The molecule has 0 spiro atoms. The van der Waals surface area contributed by atoms with Crippen molar-refractivity contribution < 1.29 is 9.53 Å². The van der Waals surface area contributed by atoms with Crippen LogP contribution in [0.5, 0.6) is 5.75 Å². The molecule has 3 heterocycles. The second-order valence-electron chi connectivity index (χ2n) is 7.98. The highest BCUT2D eigenvalue weighted by atomic mass is 16.5. The van der Waals surface area contributed by atoms with Crippen LogP contribution in [0.4, 0.5) is 0 Å². The first-order valence-electron chi connectivity index (χ1n) is 10.5. The van der Waals surface area contributed by atoms with E-state index in [-0.39, 0.29) is 29.7 Å². The first-order valence-corrected chi connectivity index (χ1v) is 10.5. The van der Waals surface area contributed by atoms with Gasteiger partial charge in [0, 0.05) is 20.6 Å². The lowest BCUT2D eigenvalue weighted by Crippen LogP contribution is -2.39. The Balaban J connectivity index is 1.67. The number of imidazole rings is 1. The number of carbonyl (C=O) groups excluding carboxylic acids is 1. The Hall–Kier alpha value is -3.36. The van der Waals surface area contributed by atoms with Crippen molar-refractivity contribution >= 4 is 17.1 Å². The second-order valence-corrected chi connectivity index (χ2v) is 7.98. The molecule has 9 heteroatoms. The van der Waals surface area contributed by atoms with Crippen LogP contribution in [-0.4, -0.2) is 43.1 Å². The first kappa shape index (κ1) is 20.9. The monoisotopic (exact) mass is 425 g/mol. The van der Waals surface area contributed by atoms with Gasteiger partial charge in [-0.15, -0.1) is 0 Å². The third-order valence-electron chi connectivity index (χ3n) is 6.10. The molecule has 1 aliphatic rings. The Morgan fingerprint density at radius 2 is 1.84 bits per heavy atom. The Morgan fingerprint density at radius 3 is 2.55 bits per heavy atom. The largest absolute Gasteiger partial charge is 0.497 e. The number of fused-ring (bicyclic) bond motifs is 1. The van der Waals surface area contributed by atoms with E-state index in [0.29, 0.717) is 6.54 Å². The molecule has 1 unspecified atom stereocenters. The zero-order chi connectivity index (χ0) is 22.1. The first-order chi connectivity index (χ1) is 14.9. The van der Waals surface area contributed by atoms with Gasteiger partial charge in [0.1, 0.15) is 12.3 Å². The van der Waals surface area contributed by atoms with Gasteiger partial charge in [-0.2, -0.15) is 0 Å². The summed E-state index contributed by atoms with van der Waals surface area (Å²) in [5.74, 6) is 0.708. The van der Waals surface area contributed by atoms with Crippen molar-refractivity contribution in [2.45, 2.75) is 38.3 Å². The van der Waals surface area contributed by atoms with E-state index >= 15 is 0 Å². The molecule has 3 aromatic rings. The lowest BCUT2D eigenvalue weighted by Gasteiger charge is -2.31. The molecule has 164 valence electrons. The summed E-state index contributed by atoms with van der Waals surface area (Å²) in [6, 6.07) is 7.82. The molecule has 31 heavy (non-hydrogen) atoms. The van der Waals surface area contributed by atoms with Gasteiger partial charge in [0.15, 0.2) is 11.2 Å². The van der Waals surface area contributed by atoms with Crippen molar-refractivity contribution in [1.82, 2.24) is 23.6 Å². The van der Waals surface area contributed by atoms with Gasteiger partial charge in [-0.25, -0.2) is 9.78 Å². The third-order valence-corrected chi connectivity index (χ3v) is 6.10. The van der Waals surface area contributed by atoms with E-state index in [0.717, 1.165) is 41.6 Å². The molecular formula is C22H27N5O4. The Morgan fingerprint density at radius 1 is 1.10 bits per heavy atom. The molecule has 1 amide bonds. The molecule has 1 saturated heterocycles. The predicted octanol–water partition coefficient (Wildman–Crippen LogP) is 1.59. The van der Waals surface area contributed by atoms with Crippen LogP contribution in [0.2, 0.25) is 0 Å². The number of rotatable bonds is 4. The molecule has 1 aliphatic heterocycles. The van der Waals surface area contributed by atoms with Crippen LogP contribution in [-0.2, 0) is 25.4 Å². The number of carbonyl (C=O) groups is 1. The number of likely N-dealkylation sites (tertiary alicyclic amines) is 1. The van der Waals surface area contributed by atoms with Crippen molar-refractivity contribution in [2.75, 3.05) is 13.7 Å². The van der Waals surface area contributed by atoms with Crippen LogP contribution in [0, 0.1) is 0 Å². The zero-order valence-electron chi connectivity index (χ0n) is 18.1. The molecule has 1 fully saturated rings. The topological polar surface area (TPSA) is 91.4 Å². The number of nitrogens with zero attached hydrogens (tertiary/aromatic N) is 5. The minimum Gasteiger partial charge on any atom is -0.497 e. The van der Waals surface area contributed by atoms with E-state index in [2.05, 4.69) is 4.98 Å². The van der Waals surface area contributed by atoms with E-state index in [1.165, 1.54) is 17.9 Å². The number of aromatic nitrogens is 4. The molecule has 0 saturated carbocycles. The maximum absolute atomic E-state index is 13.4. The van der Waals surface area contributed by atoms with E-state index in [1.807, 2.05) is 29.2 Å². The lowest BCUT2D eigenvalue weighted by atomic mass is 10.0. The minimum atomic E-state index is -0.453. The normalized spacial score (nSPS) is 17.0. The maximum atomic E-state index is 13.4. The number of methoxy groups -OCH3 is 1. The number of hydrogen-bond donors (Lipinski definition) is 0. The van der Waals surface area contributed by atoms with Crippen LogP contribution in [0.3, 0.4) is 0 Å². The van der Waals surface area contributed by atoms with Gasteiger partial charge >= 0.3 is 5.69 Å². The fourth-order valence-electron chi connectivity index (χ4n) is 4.33. The standard InChI is InChI=1S/C22H27N5O4/c1-24-20-19(21(29)25(2)22(24)30)26(14-23-20)13-18(28)27-12-6-4-5-7-17(27)15-8-10-16(31-3)11-9-15/h8-11,14,17H,4-7,12-13H2,1-3H3. The van der Waals surface area contributed by atoms with Crippen LogP contribution in [0.1, 0.15) is 37.3 Å². The molecule has 0 aliphatic carbocycles. The summed E-state index contributed by atoms with van der Waals surface area (Å²) < 4.78 is 9.17. The van der Waals surface area contributed by atoms with Gasteiger partial charge in [-0.05, 0) is 30.5 Å². The molecule has 0 radical (unpaired) electrons. The molecule has 9 nitrogen and oxygen atoms in total. The second kappa shape index (κ2) is 8.41. The van der Waals surface area contributed by atoms with Gasteiger partial charge in [0.2, 0.25) is 5.91 Å². The number of hydrogen-bond acceptors (Lipinski definition) is 5. The van der Waals surface area contributed by atoms with Crippen LogP contribution < -0.4 is 16.0 Å². The van der Waals surface area contributed by atoms with E-state index < -0.39 is 11.2 Å². The maximum Gasteiger partial charge on any atom is 0.332 e. The van der Waals surface area contributed by atoms with Crippen LogP contribution in [0.15, 0.2) is 40.2 Å². The summed E-state index contributed by atoms with van der Waals surface area (Å²) in [6.07, 6.45) is 5.42. The van der Waals surface area contributed by atoms with E-state index in [4.69, 9.17) is 4.74 Å². The molecule has 1 atom stereocenters. The minimum absolute atomic E-state index is 0.00337. The average molecular weight is 425 g/mol. The van der Waals surface area contributed by atoms with Crippen molar-refractivity contribution in [1.29, 1.82) is 0 Å². The summed E-state index contributed by atoms with van der Waals surface area (Å²) >= 11 is 0. The summed E-state index contributed by atoms with van der Waals surface area (Å²) in [6.45, 7) is 0.662. The number of benzene rings is 1. The van der Waals surface area contributed by atoms with Crippen molar-refractivity contribution in [2.24, 2.45) is 14.1 Å². The zero-order valence-corrected chi connectivity index (χ0v) is 18.1. The van der Waals surface area contributed by atoms with Crippen molar-refractivity contribution in [3.8, 4) is 5.75 Å². The number of aryl methyl sites for hydroxylation is 1. The van der Waals surface area contributed by atoms with E-state index in [9.17, 15) is 14.4 Å². The van der Waals surface area contributed by atoms with Gasteiger partial charge in [-0.1, -0.05) is 25.0 Å². The quantitative estimate of drug-likeness (QED) is 0.633. The summed E-state index contributed by atoms with van der Waals surface area (Å²) in [4.78, 5) is 44.4. The fraction of sp³-hybridized carbons (Fsp3) is 0.455. The lowest BCUT2D eigenvalue weighted by molar-refractivity contribution is -0.134. The highest BCUT2D eigenvalue weighted by Crippen LogP contribution is 2.31. The predicted molar refractivity (Wildman–Crippen MR) is 116 cm³/mol. The van der Waals surface area contributed by atoms with Gasteiger partial charge < -0.3 is 14.2 Å². The smallest absolute Gasteiger partial charge is 0.332 e.